The van der Waals surface area contributed by atoms with Gasteiger partial charge in [0, 0.05) is 17.4 Å². The molecule has 0 spiro atoms. The van der Waals surface area contributed by atoms with Crippen molar-refractivity contribution in [2.45, 2.75) is 39.5 Å². The summed E-state index contributed by atoms with van der Waals surface area (Å²) in [5.41, 5.74) is 3.06. The van der Waals surface area contributed by atoms with Crippen molar-refractivity contribution in [1.82, 2.24) is 19.5 Å². The summed E-state index contributed by atoms with van der Waals surface area (Å²) in [5.74, 6) is 2.75. The lowest BCUT2D eigenvalue weighted by molar-refractivity contribution is 0.337. The number of benzene rings is 2. The Bertz CT molecular complexity index is 1460. The number of rotatable bonds is 8. The number of sulfonamides is 1. The van der Waals surface area contributed by atoms with E-state index in [1.807, 2.05) is 32.3 Å². The van der Waals surface area contributed by atoms with Gasteiger partial charge in [-0.05, 0) is 82.6 Å². The summed E-state index contributed by atoms with van der Waals surface area (Å²) in [4.78, 5) is 13.3. The summed E-state index contributed by atoms with van der Waals surface area (Å²) >= 11 is 0. The number of nitrogens with zero attached hydrogens (tertiary/aromatic N) is 4. The van der Waals surface area contributed by atoms with Crippen LogP contribution in [0.1, 0.15) is 29.7 Å². The zero-order chi connectivity index (χ0) is 25.2. The average Bonchev–Trinajstić information content (AvgIpc) is 3.14. The largest absolute Gasteiger partial charge is 0.494 e. The zero-order valence-electron chi connectivity index (χ0n) is 20.2. The minimum absolute atomic E-state index is 0.160. The average molecular weight is 494 g/mol. The smallest absolute Gasteiger partial charge is 0.261 e. The van der Waals surface area contributed by atoms with E-state index in [1.54, 1.807) is 55.7 Å². The fraction of sp³-hybridized carbons (Fsp3) is 0.240. The van der Waals surface area contributed by atoms with Crippen molar-refractivity contribution in [3.8, 4) is 23.2 Å². The van der Waals surface area contributed by atoms with Gasteiger partial charge in [-0.1, -0.05) is 0 Å². The fourth-order valence-electron chi connectivity index (χ4n) is 3.46. The summed E-state index contributed by atoms with van der Waals surface area (Å²) in [6.07, 6.45) is 1.71. The van der Waals surface area contributed by atoms with Crippen molar-refractivity contribution in [2.75, 3.05) is 11.3 Å². The second-order valence-corrected chi connectivity index (χ2v) is 9.67. The van der Waals surface area contributed by atoms with Gasteiger partial charge < -0.3 is 9.47 Å². The quantitative estimate of drug-likeness (QED) is 0.372. The second kappa shape index (κ2) is 9.75. The first-order chi connectivity index (χ1) is 16.7. The molecule has 0 fully saturated rings. The van der Waals surface area contributed by atoms with E-state index in [2.05, 4.69) is 19.7 Å². The SMILES string of the molecule is CCOc1ccc(S(=O)(=O)Nc2ccc(Oc3cc(-n4cnc(C)c4C)nc(C)n3)cc2)cc1C. The summed E-state index contributed by atoms with van der Waals surface area (Å²) in [7, 11) is -3.76. The maximum atomic E-state index is 12.8. The molecule has 4 aromatic rings. The molecule has 0 radical (unpaired) electrons. The van der Waals surface area contributed by atoms with Crippen molar-refractivity contribution in [3.63, 3.8) is 0 Å². The predicted molar refractivity (Wildman–Crippen MR) is 133 cm³/mol. The number of aromatic nitrogens is 4. The van der Waals surface area contributed by atoms with Crippen molar-refractivity contribution < 1.29 is 17.9 Å². The summed E-state index contributed by atoms with van der Waals surface area (Å²) in [6.45, 7) is 9.89. The predicted octanol–water partition coefficient (Wildman–Crippen LogP) is 4.89. The zero-order valence-corrected chi connectivity index (χ0v) is 21.0. The molecule has 1 N–H and O–H groups in total. The van der Waals surface area contributed by atoms with E-state index in [-0.39, 0.29) is 4.90 Å². The molecule has 0 aliphatic heterocycles. The first-order valence-corrected chi connectivity index (χ1v) is 12.6. The van der Waals surface area contributed by atoms with Gasteiger partial charge in [-0.25, -0.2) is 18.4 Å². The van der Waals surface area contributed by atoms with Gasteiger partial charge in [0.05, 0.1) is 17.2 Å². The van der Waals surface area contributed by atoms with E-state index in [9.17, 15) is 8.42 Å². The van der Waals surface area contributed by atoms with E-state index in [4.69, 9.17) is 9.47 Å². The third-order valence-electron chi connectivity index (χ3n) is 5.39. The lowest BCUT2D eigenvalue weighted by atomic mass is 10.2. The van der Waals surface area contributed by atoms with Crippen molar-refractivity contribution >= 4 is 15.7 Å². The van der Waals surface area contributed by atoms with Gasteiger partial charge in [0.1, 0.15) is 29.5 Å². The van der Waals surface area contributed by atoms with Crippen LogP contribution in [-0.2, 0) is 10.0 Å². The first-order valence-electron chi connectivity index (χ1n) is 11.1. The standard InChI is InChI=1S/C25H27N5O4S/c1-6-33-23-12-11-22(13-16(23)2)35(31,32)29-20-7-9-21(10-8-20)34-25-14-24(27-19(5)28-25)30-15-26-17(3)18(30)4/h7-15,29H,6H2,1-5H3. The van der Waals surface area contributed by atoms with E-state index in [1.165, 1.54) is 6.07 Å². The second-order valence-electron chi connectivity index (χ2n) is 7.99. The third-order valence-corrected chi connectivity index (χ3v) is 6.76. The maximum Gasteiger partial charge on any atom is 0.261 e. The fourth-order valence-corrected chi connectivity index (χ4v) is 4.61. The normalized spacial score (nSPS) is 11.3. The minimum atomic E-state index is -3.76. The molecule has 35 heavy (non-hydrogen) atoms. The van der Waals surface area contributed by atoms with E-state index < -0.39 is 10.0 Å². The highest BCUT2D eigenvalue weighted by molar-refractivity contribution is 7.92. The third kappa shape index (κ3) is 5.43. The molecule has 182 valence electrons. The molecule has 2 aromatic carbocycles. The van der Waals surface area contributed by atoms with Crippen molar-refractivity contribution in [2.24, 2.45) is 0 Å². The molecule has 0 aliphatic rings. The van der Waals surface area contributed by atoms with E-state index >= 15 is 0 Å². The molecule has 10 heteroatoms. The molecule has 2 heterocycles. The van der Waals surface area contributed by atoms with Crippen LogP contribution in [0.25, 0.3) is 5.82 Å². The van der Waals surface area contributed by atoms with Crippen LogP contribution in [0.2, 0.25) is 0 Å². The number of imidazole rings is 1. The molecule has 0 amide bonds. The molecule has 0 saturated carbocycles. The van der Waals surface area contributed by atoms with Crippen LogP contribution < -0.4 is 14.2 Å². The number of ether oxygens (including phenoxy) is 2. The van der Waals surface area contributed by atoms with Gasteiger partial charge in [-0.3, -0.25) is 9.29 Å². The molecule has 0 atom stereocenters. The van der Waals surface area contributed by atoms with Crippen LogP contribution in [0.15, 0.2) is 59.8 Å². The molecule has 0 bridgehead atoms. The lowest BCUT2D eigenvalue weighted by Gasteiger charge is -2.12. The Labute approximate surface area is 204 Å². The molecule has 4 rings (SSSR count). The number of aryl methyl sites for hydroxylation is 3. The monoisotopic (exact) mass is 493 g/mol. The topological polar surface area (TPSA) is 108 Å². The Kier molecular flexibility index (Phi) is 6.74. The highest BCUT2D eigenvalue weighted by atomic mass is 32.2. The molecule has 2 aromatic heterocycles. The molecule has 0 saturated heterocycles. The Hall–Kier alpha value is -3.92. The summed E-state index contributed by atoms with van der Waals surface area (Å²) in [5, 5.41) is 0. The van der Waals surface area contributed by atoms with Gasteiger partial charge in [0.2, 0.25) is 5.88 Å². The van der Waals surface area contributed by atoms with Crippen LogP contribution in [0.5, 0.6) is 17.4 Å². The summed E-state index contributed by atoms with van der Waals surface area (Å²) in [6, 6.07) is 13.1. The Balaban J connectivity index is 1.50. The molecular formula is C25H27N5O4S. The van der Waals surface area contributed by atoms with Crippen molar-refractivity contribution in [3.05, 3.63) is 77.6 Å². The summed E-state index contributed by atoms with van der Waals surface area (Å²) < 4.78 is 41.5. The van der Waals surface area contributed by atoms with Crippen LogP contribution in [0.4, 0.5) is 5.69 Å². The number of hydrogen-bond donors (Lipinski definition) is 1. The van der Waals surface area contributed by atoms with E-state index in [0.717, 1.165) is 17.0 Å². The van der Waals surface area contributed by atoms with Crippen LogP contribution >= 0.6 is 0 Å². The maximum absolute atomic E-state index is 12.8. The lowest BCUT2D eigenvalue weighted by Crippen LogP contribution is -2.13. The molecule has 0 aliphatic carbocycles. The molecule has 9 nitrogen and oxygen atoms in total. The minimum Gasteiger partial charge on any atom is -0.494 e. The van der Waals surface area contributed by atoms with Gasteiger partial charge >= 0.3 is 0 Å². The first kappa shape index (κ1) is 24.2. The van der Waals surface area contributed by atoms with Gasteiger partial charge in [0.15, 0.2) is 0 Å². The highest BCUT2D eigenvalue weighted by Gasteiger charge is 2.16. The molecular weight excluding hydrogens is 466 g/mol. The number of nitrogens with one attached hydrogen (secondary N) is 1. The van der Waals surface area contributed by atoms with Crippen LogP contribution in [0.3, 0.4) is 0 Å². The van der Waals surface area contributed by atoms with Gasteiger partial charge in [0.25, 0.3) is 10.0 Å². The number of anilines is 1. The highest BCUT2D eigenvalue weighted by Crippen LogP contribution is 2.26. The number of hydrogen-bond acceptors (Lipinski definition) is 7. The Morgan fingerprint density at radius 3 is 2.34 bits per heavy atom. The van der Waals surface area contributed by atoms with Gasteiger partial charge in [-0.15, -0.1) is 0 Å². The van der Waals surface area contributed by atoms with Crippen LogP contribution in [-0.4, -0.2) is 34.5 Å². The Morgan fingerprint density at radius 2 is 1.71 bits per heavy atom. The Morgan fingerprint density at radius 1 is 0.971 bits per heavy atom. The van der Waals surface area contributed by atoms with E-state index in [0.29, 0.717) is 41.3 Å². The van der Waals surface area contributed by atoms with Gasteiger partial charge in [-0.2, -0.15) is 4.98 Å². The molecule has 0 unspecified atom stereocenters. The van der Waals surface area contributed by atoms with Crippen molar-refractivity contribution in [1.29, 1.82) is 0 Å². The van der Waals surface area contributed by atoms with Crippen LogP contribution in [0, 0.1) is 27.7 Å².